The molecule has 6 heteroatoms. The molecule has 2 atom stereocenters. The Kier molecular flexibility index (Phi) is 6.38. The minimum Gasteiger partial charge on any atom is -0.394 e. The van der Waals surface area contributed by atoms with Crippen LogP contribution < -0.4 is 5.73 Å². The average Bonchev–Trinajstić information content (AvgIpc) is 2.35. The van der Waals surface area contributed by atoms with Gasteiger partial charge in [0.15, 0.2) is 0 Å². The van der Waals surface area contributed by atoms with Gasteiger partial charge in [-0.1, -0.05) is 34.1 Å². The zero-order chi connectivity index (χ0) is 17.1. The summed E-state index contributed by atoms with van der Waals surface area (Å²) in [4.78, 5) is 26.5. The van der Waals surface area contributed by atoms with Gasteiger partial charge in [0, 0.05) is 0 Å². The molecule has 1 rings (SSSR count). The van der Waals surface area contributed by atoms with Gasteiger partial charge in [-0.25, -0.2) is 0 Å². The SMILES string of the molecule is CC(C)C(CO)N(C(=O)C1(C(N)=O)CCC1)C(CO)C(C)C. The van der Waals surface area contributed by atoms with Crippen molar-refractivity contribution in [3.8, 4) is 0 Å². The van der Waals surface area contributed by atoms with E-state index in [-0.39, 0.29) is 31.0 Å². The van der Waals surface area contributed by atoms with Gasteiger partial charge in [-0.2, -0.15) is 0 Å². The number of amides is 2. The monoisotopic (exact) mass is 314 g/mol. The van der Waals surface area contributed by atoms with E-state index >= 15 is 0 Å². The van der Waals surface area contributed by atoms with E-state index in [4.69, 9.17) is 5.73 Å². The number of rotatable bonds is 8. The Labute approximate surface area is 132 Å². The van der Waals surface area contributed by atoms with Gasteiger partial charge in [-0.3, -0.25) is 9.59 Å². The van der Waals surface area contributed by atoms with Crippen LogP contribution in [0.2, 0.25) is 0 Å². The molecule has 2 amide bonds. The maximum Gasteiger partial charge on any atom is 0.238 e. The molecule has 0 radical (unpaired) electrons. The molecule has 0 heterocycles. The number of carbonyl (C=O) groups is 2. The van der Waals surface area contributed by atoms with Crippen molar-refractivity contribution in [2.75, 3.05) is 13.2 Å². The molecule has 2 unspecified atom stereocenters. The molecule has 0 aromatic heterocycles. The van der Waals surface area contributed by atoms with Gasteiger partial charge in [0.1, 0.15) is 5.41 Å². The molecule has 1 saturated carbocycles. The number of hydrogen-bond acceptors (Lipinski definition) is 4. The maximum atomic E-state index is 13.1. The quantitative estimate of drug-likeness (QED) is 0.568. The van der Waals surface area contributed by atoms with Crippen LogP contribution in [-0.4, -0.2) is 52.2 Å². The van der Waals surface area contributed by atoms with E-state index in [9.17, 15) is 19.8 Å². The van der Waals surface area contributed by atoms with E-state index in [1.54, 1.807) is 0 Å². The van der Waals surface area contributed by atoms with Crippen molar-refractivity contribution in [1.29, 1.82) is 0 Å². The minimum atomic E-state index is -1.16. The van der Waals surface area contributed by atoms with Crippen LogP contribution in [0.4, 0.5) is 0 Å². The van der Waals surface area contributed by atoms with E-state index in [0.29, 0.717) is 12.8 Å². The third kappa shape index (κ3) is 3.27. The Morgan fingerprint density at radius 1 is 1.05 bits per heavy atom. The highest BCUT2D eigenvalue weighted by Gasteiger charge is 2.53. The number of nitrogens with zero attached hydrogens (tertiary/aromatic N) is 1. The summed E-state index contributed by atoms with van der Waals surface area (Å²) < 4.78 is 0. The zero-order valence-corrected chi connectivity index (χ0v) is 14.1. The van der Waals surface area contributed by atoms with Crippen molar-refractivity contribution >= 4 is 11.8 Å². The molecule has 22 heavy (non-hydrogen) atoms. The molecule has 0 bridgehead atoms. The fraction of sp³-hybridized carbons (Fsp3) is 0.875. The van der Waals surface area contributed by atoms with Crippen molar-refractivity contribution < 1.29 is 19.8 Å². The van der Waals surface area contributed by atoms with Gasteiger partial charge in [-0.05, 0) is 24.7 Å². The predicted molar refractivity (Wildman–Crippen MR) is 83.7 cm³/mol. The molecule has 128 valence electrons. The van der Waals surface area contributed by atoms with E-state index in [0.717, 1.165) is 6.42 Å². The van der Waals surface area contributed by atoms with Crippen LogP contribution >= 0.6 is 0 Å². The summed E-state index contributed by atoms with van der Waals surface area (Å²) in [5.41, 5.74) is 4.33. The first-order valence-corrected chi connectivity index (χ1v) is 8.07. The van der Waals surface area contributed by atoms with E-state index in [1.165, 1.54) is 4.90 Å². The number of carbonyl (C=O) groups excluding carboxylic acids is 2. The first kappa shape index (κ1) is 18.9. The van der Waals surface area contributed by atoms with Crippen molar-refractivity contribution in [3.63, 3.8) is 0 Å². The molecule has 0 spiro atoms. The Morgan fingerprint density at radius 3 is 1.64 bits per heavy atom. The zero-order valence-electron chi connectivity index (χ0n) is 14.1. The largest absolute Gasteiger partial charge is 0.394 e. The summed E-state index contributed by atoms with van der Waals surface area (Å²) in [7, 11) is 0. The highest BCUT2D eigenvalue weighted by molar-refractivity contribution is 6.05. The first-order chi connectivity index (χ1) is 10.2. The van der Waals surface area contributed by atoms with Crippen LogP contribution in [-0.2, 0) is 9.59 Å². The lowest BCUT2D eigenvalue weighted by atomic mass is 9.66. The molecular formula is C16H30N2O4. The molecule has 0 aromatic carbocycles. The summed E-state index contributed by atoms with van der Waals surface area (Å²) in [5.74, 6) is -0.931. The number of primary amides is 1. The fourth-order valence-electron chi connectivity index (χ4n) is 3.13. The molecular weight excluding hydrogens is 284 g/mol. The second-order valence-corrected chi connectivity index (χ2v) is 7.00. The lowest BCUT2D eigenvalue weighted by molar-refractivity contribution is -0.163. The summed E-state index contributed by atoms with van der Waals surface area (Å²) >= 11 is 0. The van der Waals surface area contributed by atoms with Gasteiger partial charge in [0.25, 0.3) is 0 Å². The Bertz CT molecular complexity index is 389. The van der Waals surface area contributed by atoms with E-state index < -0.39 is 23.4 Å². The Balaban J connectivity index is 3.24. The molecule has 0 aromatic rings. The third-order valence-electron chi connectivity index (χ3n) is 4.95. The maximum absolute atomic E-state index is 13.1. The second-order valence-electron chi connectivity index (χ2n) is 7.00. The summed E-state index contributed by atoms with van der Waals surface area (Å²) in [6, 6.07) is -0.882. The summed E-state index contributed by atoms with van der Waals surface area (Å²) in [6.07, 6.45) is 1.69. The lowest BCUT2D eigenvalue weighted by Gasteiger charge is -2.47. The second kappa shape index (κ2) is 7.42. The van der Waals surface area contributed by atoms with Crippen LogP contribution in [0.5, 0.6) is 0 Å². The first-order valence-electron chi connectivity index (χ1n) is 8.07. The van der Waals surface area contributed by atoms with Crippen molar-refractivity contribution in [2.45, 2.75) is 59.0 Å². The van der Waals surface area contributed by atoms with Crippen LogP contribution in [0.15, 0.2) is 0 Å². The normalized spacial score (nSPS) is 19.6. The number of nitrogens with two attached hydrogens (primary N) is 1. The van der Waals surface area contributed by atoms with E-state index in [2.05, 4.69) is 0 Å². The number of aliphatic hydroxyl groups is 2. The van der Waals surface area contributed by atoms with Gasteiger partial charge < -0.3 is 20.8 Å². The van der Waals surface area contributed by atoms with Crippen molar-refractivity contribution in [3.05, 3.63) is 0 Å². The standard InChI is InChI=1S/C16H30N2O4/c1-10(2)12(8-19)18(13(9-20)11(3)4)15(22)16(14(17)21)6-5-7-16/h10-13,19-20H,5-9H2,1-4H3,(H2,17,21). The number of hydrogen-bond donors (Lipinski definition) is 3. The van der Waals surface area contributed by atoms with Gasteiger partial charge in [-0.15, -0.1) is 0 Å². The molecule has 0 aliphatic heterocycles. The topological polar surface area (TPSA) is 104 Å². The van der Waals surface area contributed by atoms with Gasteiger partial charge >= 0.3 is 0 Å². The highest BCUT2D eigenvalue weighted by atomic mass is 16.3. The van der Waals surface area contributed by atoms with Crippen LogP contribution in [0.3, 0.4) is 0 Å². The predicted octanol–water partition coefficient (Wildman–Crippen LogP) is 0.504. The molecule has 1 aliphatic carbocycles. The molecule has 4 N–H and O–H groups in total. The van der Waals surface area contributed by atoms with E-state index in [1.807, 2.05) is 27.7 Å². The molecule has 1 aliphatic rings. The molecule has 6 nitrogen and oxygen atoms in total. The molecule has 1 fully saturated rings. The van der Waals surface area contributed by atoms with Gasteiger partial charge in [0.2, 0.25) is 11.8 Å². The highest BCUT2D eigenvalue weighted by Crippen LogP contribution is 2.43. The third-order valence-corrected chi connectivity index (χ3v) is 4.95. The molecule has 0 saturated heterocycles. The fourth-order valence-corrected chi connectivity index (χ4v) is 3.13. The van der Waals surface area contributed by atoms with Crippen LogP contribution in [0, 0.1) is 17.3 Å². The number of aliphatic hydroxyl groups excluding tert-OH is 2. The average molecular weight is 314 g/mol. The summed E-state index contributed by atoms with van der Waals surface area (Å²) in [5, 5.41) is 19.5. The van der Waals surface area contributed by atoms with Gasteiger partial charge in [0.05, 0.1) is 25.3 Å². The van der Waals surface area contributed by atoms with Crippen LogP contribution in [0.1, 0.15) is 47.0 Å². The Hall–Kier alpha value is -1.14. The van der Waals surface area contributed by atoms with Crippen LogP contribution in [0.25, 0.3) is 0 Å². The lowest BCUT2D eigenvalue weighted by Crippen LogP contribution is -2.63. The van der Waals surface area contributed by atoms with Crippen molar-refractivity contribution in [1.82, 2.24) is 4.90 Å². The van der Waals surface area contributed by atoms with Crippen molar-refractivity contribution in [2.24, 2.45) is 23.0 Å². The smallest absolute Gasteiger partial charge is 0.238 e. The minimum absolute atomic E-state index is 0.00625. The summed E-state index contributed by atoms with van der Waals surface area (Å²) in [6.45, 7) is 7.23. The Morgan fingerprint density at radius 2 is 1.45 bits per heavy atom.